The average molecular weight is 275 g/mol. The van der Waals surface area contributed by atoms with Gasteiger partial charge in [-0.1, -0.05) is 43.5 Å². The van der Waals surface area contributed by atoms with Crippen molar-refractivity contribution < 1.29 is 4.74 Å². The fraction of sp³-hybridized carbons (Fsp3) is 0.286. The molecule has 0 aliphatic heterocycles. The van der Waals surface area contributed by atoms with Gasteiger partial charge in [0.05, 0.1) is 12.9 Å². The van der Waals surface area contributed by atoms with Crippen LogP contribution in [0.1, 0.15) is 12.7 Å². The molecule has 0 fully saturated rings. The van der Waals surface area contributed by atoms with E-state index in [1.165, 1.54) is 6.26 Å². The highest BCUT2D eigenvalue weighted by atomic mass is 32.2. The highest BCUT2D eigenvalue weighted by Gasteiger charge is 2.12. The Bertz CT molecular complexity index is 525. The lowest BCUT2D eigenvalue weighted by Gasteiger charge is -2.08. The third-order valence-electron chi connectivity index (χ3n) is 2.58. The van der Waals surface area contributed by atoms with Gasteiger partial charge in [-0.2, -0.15) is 0 Å². The van der Waals surface area contributed by atoms with Gasteiger partial charge in [0.15, 0.2) is 5.16 Å². The molecule has 0 saturated heterocycles. The largest absolute Gasteiger partial charge is 0.501 e. The molecule has 1 aromatic carbocycles. The van der Waals surface area contributed by atoms with Crippen LogP contribution in [0, 0.1) is 0 Å². The molecule has 100 valence electrons. The summed E-state index contributed by atoms with van der Waals surface area (Å²) < 4.78 is 7.22. The first kappa shape index (κ1) is 13.7. The van der Waals surface area contributed by atoms with Crippen molar-refractivity contribution in [1.29, 1.82) is 0 Å². The molecule has 0 bridgehead atoms. The summed E-state index contributed by atoms with van der Waals surface area (Å²) in [4.78, 5) is 0. The summed E-state index contributed by atoms with van der Waals surface area (Å²) >= 11 is 1.63. The van der Waals surface area contributed by atoms with Gasteiger partial charge in [-0.25, -0.2) is 0 Å². The summed E-state index contributed by atoms with van der Waals surface area (Å²) in [5.74, 6) is 1.79. The second-order valence-electron chi connectivity index (χ2n) is 3.81. The van der Waals surface area contributed by atoms with Gasteiger partial charge in [0.25, 0.3) is 0 Å². The van der Waals surface area contributed by atoms with Gasteiger partial charge in [-0.3, -0.25) is 4.57 Å². The fourth-order valence-corrected chi connectivity index (χ4v) is 2.52. The Balaban J connectivity index is 2.20. The third-order valence-corrected chi connectivity index (χ3v) is 3.47. The lowest BCUT2D eigenvalue weighted by molar-refractivity contribution is 0.274. The summed E-state index contributed by atoms with van der Waals surface area (Å²) in [7, 11) is 0. The highest BCUT2D eigenvalue weighted by Crippen LogP contribution is 2.22. The van der Waals surface area contributed by atoms with Crippen LogP contribution in [0.25, 0.3) is 5.69 Å². The molecule has 2 rings (SSSR count). The van der Waals surface area contributed by atoms with E-state index in [-0.39, 0.29) is 0 Å². The Morgan fingerprint density at radius 2 is 2.11 bits per heavy atom. The molecule has 5 heteroatoms. The van der Waals surface area contributed by atoms with E-state index in [9.17, 15) is 0 Å². The van der Waals surface area contributed by atoms with Crippen LogP contribution in [0.4, 0.5) is 0 Å². The van der Waals surface area contributed by atoms with Crippen molar-refractivity contribution >= 4 is 11.8 Å². The molecule has 0 aliphatic carbocycles. The standard InChI is InChI=1S/C14H17N3OS/c1-3-13-15-16-14(19-11-10-18-4-2)17(13)12-8-6-5-7-9-12/h4-9H,2-3,10-11H2,1H3. The van der Waals surface area contributed by atoms with Crippen LogP contribution >= 0.6 is 11.8 Å². The number of hydrogen-bond acceptors (Lipinski definition) is 4. The maximum absolute atomic E-state index is 5.12. The molecule has 4 nitrogen and oxygen atoms in total. The van der Waals surface area contributed by atoms with Crippen molar-refractivity contribution in [2.24, 2.45) is 0 Å². The first-order valence-electron chi connectivity index (χ1n) is 6.21. The molecule has 2 aromatic rings. The molecule has 0 radical (unpaired) electrons. The van der Waals surface area contributed by atoms with Gasteiger partial charge in [0, 0.05) is 17.9 Å². The molecule has 0 N–H and O–H groups in total. The molecule has 0 saturated carbocycles. The van der Waals surface area contributed by atoms with Crippen molar-refractivity contribution in [3.63, 3.8) is 0 Å². The first-order valence-corrected chi connectivity index (χ1v) is 7.20. The monoisotopic (exact) mass is 275 g/mol. The second-order valence-corrected chi connectivity index (χ2v) is 4.87. The average Bonchev–Trinajstić information content (AvgIpc) is 2.87. The number of para-hydroxylation sites is 1. The molecular weight excluding hydrogens is 258 g/mol. The maximum atomic E-state index is 5.12. The van der Waals surface area contributed by atoms with Crippen LogP contribution in [-0.2, 0) is 11.2 Å². The number of benzene rings is 1. The minimum Gasteiger partial charge on any atom is -0.501 e. The SMILES string of the molecule is C=COCCSc1nnc(CC)n1-c1ccccc1. The van der Waals surface area contributed by atoms with Crippen LogP contribution in [0.5, 0.6) is 0 Å². The van der Waals surface area contributed by atoms with E-state index < -0.39 is 0 Å². The Morgan fingerprint density at radius 3 is 2.79 bits per heavy atom. The lowest BCUT2D eigenvalue weighted by atomic mass is 10.3. The summed E-state index contributed by atoms with van der Waals surface area (Å²) in [5.41, 5.74) is 1.09. The van der Waals surface area contributed by atoms with E-state index in [2.05, 4.69) is 40.4 Å². The van der Waals surface area contributed by atoms with Gasteiger partial charge >= 0.3 is 0 Å². The number of thioether (sulfide) groups is 1. The minimum absolute atomic E-state index is 0.622. The van der Waals surface area contributed by atoms with E-state index >= 15 is 0 Å². The van der Waals surface area contributed by atoms with E-state index in [4.69, 9.17) is 4.74 Å². The molecular formula is C14H17N3OS. The van der Waals surface area contributed by atoms with Crippen LogP contribution in [0.2, 0.25) is 0 Å². The Kier molecular flexibility index (Phi) is 5.03. The Morgan fingerprint density at radius 1 is 1.32 bits per heavy atom. The van der Waals surface area contributed by atoms with Gasteiger partial charge in [0.1, 0.15) is 5.82 Å². The summed E-state index contributed by atoms with van der Waals surface area (Å²) in [6.45, 7) is 6.23. The van der Waals surface area contributed by atoms with Crippen LogP contribution in [0.15, 0.2) is 48.3 Å². The van der Waals surface area contributed by atoms with Gasteiger partial charge < -0.3 is 4.74 Å². The molecule has 0 unspecified atom stereocenters. The lowest BCUT2D eigenvalue weighted by Crippen LogP contribution is -2.02. The Labute approximate surface area is 117 Å². The van der Waals surface area contributed by atoms with Crippen molar-refractivity contribution in [3.05, 3.63) is 49.0 Å². The van der Waals surface area contributed by atoms with E-state index in [0.29, 0.717) is 6.61 Å². The normalized spacial score (nSPS) is 10.4. The zero-order valence-electron chi connectivity index (χ0n) is 11.0. The van der Waals surface area contributed by atoms with E-state index in [1.807, 2.05) is 18.2 Å². The van der Waals surface area contributed by atoms with Gasteiger partial charge in [-0.05, 0) is 12.1 Å². The number of hydrogen-bond donors (Lipinski definition) is 0. The first-order chi connectivity index (χ1) is 9.36. The number of ether oxygens (including phenoxy) is 1. The number of aromatic nitrogens is 3. The van der Waals surface area contributed by atoms with Crippen LogP contribution in [0.3, 0.4) is 0 Å². The quantitative estimate of drug-likeness (QED) is 0.442. The molecule has 0 amide bonds. The summed E-state index contributed by atoms with van der Waals surface area (Å²) in [5, 5.41) is 9.40. The zero-order chi connectivity index (χ0) is 13.5. The van der Waals surface area contributed by atoms with E-state index in [1.54, 1.807) is 11.8 Å². The number of nitrogens with zero attached hydrogens (tertiary/aromatic N) is 3. The maximum Gasteiger partial charge on any atom is 0.195 e. The topological polar surface area (TPSA) is 39.9 Å². The third kappa shape index (κ3) is 3.38. The zero-order valence-corrected chi connectivity index (χ0v) is 11.8. The second kappa shape index (κ2) is 6.99. The number of rotatable bonds is 7. The van der Waals surface area contributed by atoms with Crippen LogP contribution < -0.4 is 0 Å². The van der Waals surface area contributed by atoms with Crippen molar-refractivity contribution in [2.45, 2.75) is 18.5 Å². The molecule has 0 spiro atoms. The van der Waals surface area contributed by atoms with Gasteiger partial charge in [0.2, 0.25) is 0 Å². The predicted octanol–water partition coefficient (Wildman–Crippen LogP) is 3.08. The minimum atomic E-state index is 0.622. The predicted molar refractivity (Wildman–Crippen MR) is 77.6 cm³/mol. The van der Waals surface area contributed by atoms with Crippen LogP contribution in [-0.4, -0.2) is 27.1 Å². The van der Waals surface area contributed by atoms with Crippen molar-refractivity contribution in [1.82, 2.24) is 14.8 Å². The molecule has 19 heavy (non-hydrogen) atoms. The molecule has 0 aliphatic rings. The smallest absolute Gasteiger partial charge is 0.195 e. The fourth-order valence-electron chi connectivity index (χ4n) is 1.72. The van der Waals surface area contributed by atoms with Crippen molar-refractivity contribution in [3.8, 4) is 5.69 Å². The van der Waals surface area contributed by atoms with E-state index in [0.717, 1.165) is 28.8 Å². The molecule has 0 atom stereocenters. The van der Waals surface area contributed by atoms with Crippen molar-refractivity contribution in [2.75, 3.05) is 12.4 Å². The Hall–Kier alpha value is -1.75. The van der Waals surface area contributed by atoms with Gasteiger partial charge in [-0.15, -0.1) is 10.2 Å². The number of aryl methyl sites for hydroxylation is 1. The molecule has 1 aromatic heterocycles. The highest BCUT2D eigenvalue weighted by molar-refractivity contribution is 7.99. The molecule has 1 heterocycles. The summed E-state index contributed by atoms with van der Waals surface area (Å²) in [6, 6.07) is 10.2. The summed E-state index contributed by atoms with van der Waals surface area (Å²) in [6.07, 6.45) is 2.31.